The van der Waals surface area contributed by atoms with Crippen molar-refractivity contribution in [3.05, 3.63) is 62.2 Å². The quantitative estimate of drug-likeness (QED) is 0.678. The zero-order valence-electron chi connectivity index (χ0n) is 13.8. The second-order valence-electron chi connectivity index (χ2n) is 5.80. The number of carboxylic acid groups (broad SMARTS) is 1. The van der Waals surface area contributed by atoms with Crippen molar-refractivity contribution >= 4 is 40.1 Å². The Labute approximate surface area is 158 Å². The molecule has 1 heterocycles. The molecular formula is C19H13Cl2O5-. The zero-order chi connectivity index (χ0) is 19.0. The first-order valence-corrected chi connectivity index (χ1v) is 8.44. The Morgan fingerprint density at radius 2 is 1.85 bits per heavy atom. The molecule has 5 nitrogen and oxygen atoms in total. The molecule has 0 aliphatic carbocycles. The average molecular weight is 392 g/mol. The van der Waals surface area contributed by atoms with E-state index in [1.54, 1.807) is 12.1 Å². The molecule has 1 aromatic heterocycles. The van der Waals surface area contributed by atoms with Crippen LogP contribution in [0.4, 0.5) is 0 Å². The van der Waals surface area contributed by atoms with Crippen molar-refractivity contribution in [3.63, 3.8) is 0 Å². The minimum atomic E-state index is -1.46. The fourth-order valence-corrected chi connectivity index (χ4v) is 2.97. The molecule has 2 aromatic carbocycles. The maximum Gasteiger partial charge on any atom is 0.235 e. The van der Waals surface area contributed by atoms with E-state index >= 15 is 0 Å². The Morgan fingerprint density at radius 1 is 1.19 bits per heavy atom. The van der Waals surface area contributed by atoms with Gasteiger partial charge in [0.05, 0.1) is 16.4 Å². The number of carbonyl (C=O) groups excluding carboxylic acids is 1. The van der Waals surface area contributed by atoms with Crippen molar-refractivity contribution in [1.82, 2.24) is 0 Å². The van der Waals surface area contributed by atoms with Crippen molar-refractivity contribution in [3.8, 4) is 17.1 Å². The number of halogens is 2. The largest absolute Gasteiger partial charge is 0.546 e. The van der Waals surface area contributed by atoms with E-state index in [9.17, 15) is 14.7 Å². The van der Waals surface area contributed by atoms with Crippen LogP contribution in [0.25, 0.3) is 22.3 Å². The lowest BCUT2D eigenvalue weighted by Gasteiger charge is -2.18. The van der Waals surface area contributed by atoms with Crippen LogP contribution in [-0.4, -0.2) is 12.1 Å². The summed E-state index contributed by atoms with van der Waals surface area (Å²) in [4.78, 5) is 24.0. The van der Waals surface area contributed by atoms with Gasteiger partial charge >= 0.3 is 0 Å². The monoisotopic (exact) mass is 391 g/mol. The van der Waals surface area contributed by atoms with E-state index in [1.807, 2.05) is 19.1 Å². The van der Waals surface area contributed by atoms with Crippen LogP contribution in [-0.2, 0) is 4.79 Å². The van der Waals surface area contributed by atoms with Crippen LogP contribution in [0.3, 0.4) is 0 Å². The number of hydrogen-bond acceptors (Lipinski definition) is 5. The Hall–Kier alpha value is -2.50. The lowest BCUT2D eigenvalue weighted by molar-refractivity contribution is -0.312. The highest BCUT2D eigenvalue weighted by Gasteiger charge is 2.21. The maximum atomic E-state index is 12.9. The molecule has 0 bridgehead atoms. The second-order valence-corrected chi connectivity index (χ2v) is 6.64. The molecule has 0 unspecified atom stereocenters. The van der Waals surface area contributed by atoms with E-state index in [-0.39, 0.29) is 32.5 Å². The standard InChI is InChI=1S/C19H14Cl2O5/c1-9-3-5-11(6-4-9)16-18(25-10(2)19(23)24)15(22)13-7-12(20)8-14(21)17(13)26-16/h3-8,10H,1-2H3,(H,23,24)/p-1/t10-/m1/s1. The van der Waals surface area contributed by atoms with E-state index in [0.29, 0.717) is 5.56 Å². The summed E-state index contributed by atoms with van der Waals surface area (Å²) in [5.41, 5.74) is 1.12. The van der Waals surface area contributed by atoms with Crippen molar-refractivity contribution in [2.75, 3.05) is 0 Å². The molecule has 0 fully saturated rings. The zero-order valence-corrected chi connectivity index (χ0v) is 15.4. The van der Waals surface area contributed by atoms with Crippen LogP contribution >= 0.6 is 23.2 Å². The van der Waals surface area contributed by atoms with Gasteiger partial charge in [-0.2, -0.15) is 0 Å². The summed E-state index contributed by atoms with van der Waals surface area (Å²) in [5.74, 6) is -1.61. The first kappa shape index (κ1) is 18.3. The Kier molecular flexibility index (Phi) is 4.94. The van der Waals surface area contributed by atoms with E-state index in [2.05, 4.69) is 0 Å². The lowest BCUT2D eigenvalue weighted by Crippen LogP contribution is -2.38. The summed E-state index contributed by atoms with van der Waals surface area (Å²) >= 11 is 12.1. The third-order valence-corrected chi connectivity index (χ3v) is 4.31. The lowest BCUT2D eigenvalue weighted by atomic mass is 10.1. The first-order valence-electron chi connectivity index (χ1n) is 7.68. The number of ether oxygens (including phenoxy) is 1. The molecule has 0 aliphatic rings. The molecule has 0 saturated heterocycles. The third-order valence-electron chi connectivity index (χ3n) is 3.81. The SMILES string of the molecule is Cc1ccc(-c2oc3c(Cl)cc(Cl)cc3c(=O)c2O[C@H](C)C(=O)[O-])cc1. The van der Waals surface area contributed by atoms with Crippen molar-refractivity contribution in [2.45, 2.75) is 20.0 Å². The molecule has 0 saturated carbocycles. The van der Waals surface area contributed by atoms with Gasteiger partial charge in [-0.05, 0) is 26.0 Å². The van der Waals surface area contributed by atoms with Gasteiger partial charge in [0.25, 0.3) is 0 Å². The summed E-state index contributed by atoms with van der Waals surface area (Å²) in [5, 5.41) is 11.6. The molecule has 0 amide bonds. The predicted octanol–water partition coefficient (Wildman–Crippen LogP) is 3.59. The summed E-state index contributed by atoms with van der Waals surface area (Å²) in [6.07, 6.45) is -1.35. The van der Waals surface area contributed by atoms with Gasteiger partial charge in [0, 0.05) is 10.6 Å². The van der Waals surface area contributed by atoms with E-state index in [1.165, 1.54) is 19.1 Å². The average Bonchev–Trinajstić information content (AvgIpc) is 2.58. The normalized spacial score (nSPS) is 12.2. The predicted molar refractivity (Wildman–Crippen MR) is 97.8 cm³/mol. The molecule has 3 aromatic rings. The Bertz CT molecular complexity index is 1050. The molecule has 0 aliphatic heterocycles. The number of benzene rings is 2. The van der Waals surface area contributed by atoms with Crippen LogP contribution in [0.2, 0.25) is 10.0 Å². The van der Waals surface area contributed by atoms with Crippen molar-refractivity contribution in [2.24, 2.45) is 0 Å². The van der Waals surface area contributed by atoms with Crippen LogP contribution < -0.4 is 15.3 Å². The van der Waals surface area contributed by atoms with Gasteiger partial charge in [0.15, 0.2) is 11.3 Å². The fraction of sp³-hybridized carbons (Fsp3) is 0.158. The highest BCUT2D eigenvalue weighted by Crippen LogP contribution is 2.35. The Balaban J connectivity index is 2.34. The van der Waals surface area contributed by atoms with Gasteiger partial charge in [0.1, 0.15) is 6.10 Å². The number of aliphatic carboxylic acids is 1. The molecule has 0 spiro atoms. The maximum absolute atomic E-state index is 12.9. The number of aryl methyl sites for hydroxylation is 1. The summed E-state index contributed by atoms with van der Waals surface area (Å²) in [6.45, 7) is 3.18. The van der Waals surface area contributed by atoms with Crippen LogP contribution in [0.15, 0.2) is 45.6 Å². The van der Waals surface area contributed by atoms with Crippen LogP contribution in [0.5, 0.6) is 5.75 Å². The highest BCUT2D eigenvalue weighted by molar-refractivity contribution is 6.38. The van der Waals surface area contributed by atoms with E-state index in [4.69, 9.17) is 32.4 Å². The smallest absolute Gasteiger partial charge is 0.235 e. The van der Waals surface area contributed by atoms with E-state index < -0.39 is 17.5 Å². The van der Waals surface area contributed by atoms with E-state index in [0.717, 1.165) is 5.56 Å². The van der Waals surface area contributed by atoms with Crippen LogP contribution in [0, 0.1) is 6.92 Å². The molecule has 3 rings (SSSR count). The highest BCUT2D eigenvalue weighted by atomic mass is 35.5. The number of rotatable bonds is 4. The molecule has 134 valence electrons. The van der Waals surface area contributed by atoms with Gasteiger partial charge in [-0.3, -0.25) is 4.79 Å². The van der Waals surface area contributed by atoms with Crippen LogP contribution in [0.1, 0.15) is 12.5 Å². The molecular weight excluding hydrogens is 379 g/mol. The number of hydrogen-bond donors (Lipinski definition) is 0. The van der Waals surface area contributed by atoms with Gasteiger partial charge in [0.2, 0.25) is 11.2 Å². The second kappa shape index (κ2) is 7.02. The van der Waals surface area contributed by atoms with Gasteiger partial charge in [-0.25, -0.2) is 0 Å². The fourth-order valence-electron chi connectivity index (χ4n) is 2.43. The van der Waals surface area contributed by atoms with Gasteiger partial charge < -0.3 is 19.1 Å². The van der Waals surface area contributed by atoms with Crippen molar-refractivity contribution in [1.29, 1.82) is 0 Å². The molecule has 7 heteroatoms. The van der Waals surface area contributed by atoms with Crippen molar-refractivity contribution < 1.29 is 19.1 Å². The molecule has 0 N–H and O–H groups in total. The summed E-state index contributed by atoms with van der Waals surface area (Å²) < 4.78 is 11.2. The Morgan fingerprint density at radius 3 is 2.46 bits per heavy atom. The topological polar surface area (TPSA) is 79.6 Å². The molecule has 26 heavy (non-hydrogen) atoms. The minimum absolute atomic E-state index is 0.0832. The third kappa shape index (κ3) is 3.41. The summed E-state index contributed by atoms with van der Waals surface area (Å²) in [7, 11) is 0. The van der Waals surface area contributed by atoms with Gasteiger partial charge in [-0.15, -0.1) is 0 Å². The number of carboxylic acids is 1. The number of fused-ring (bicyclic) bond motifs is 1. The number of carbonyl (C=O) groups is 1. The minimum Gasteiger partial charge on any atom is -0.546 e. The molecule has 0 radical (unpaired) electrons. The van der Waals surface area contributed by atoms with Gasteiger partial charge in [-0.1, -0.05) is 53.0 Å². The molecule has 1 atom stereocenters. The first-order chi connectivity index (χ1) is 12.3. The summed E-state index contributed by atoms with van der Waals surface area (Å²) in [6, 6.07) is 9.98.